The maximum atomic E-state index is 5.28. The Morgan fingerprint density at radius 1 is 1.13 bits per heavy atom. The topological polar surface area (TPSA) is 64.9 Å². The number of nitrogens with one attached hydrogen (secondary N) is 1. The highest BCUT2D eigenvalue weighted by Crippen LogP contribution is 2.37. The number of methoxy groups -OCH3 is 1. The monoisotopic (exact) mass is 419 g/mol. The quantitative estimate of drug-likeness (QED) is 0.433. The molecule has 5 rings (SSSR count). The Balaban J connectivity index is 1.46. The van der Waals surface area contributed by atoms with Crippen LogP contribution in [0.5, 0.6) is 0 Å². The average molecular weight is 420 g/mol. The standard InChI is InChI=1S/C23H25N5OS/c1-29-14-20-25-22(24-13-17-11-12-28(27-17)18-9-5-6-10-18)21-19(15-30-23(21)26-20)16-7-3-2-4-8-16/h2-4,7-8,11-12,15,18H,5-6,9-10,13-14H2,1H3,(H,24,25,26). The summed E-state index contributed by atoms with van der Waals surface area (Å²) in [7, 11) is 1.67. The third-order valence-corrected chi connectivity index (χ3v) is 6.51. The summed E-state index contributed by atoms with van der Waals surface area (Å²) in [6.45, 7) is 1.02. The first kappa shape index (κ1) is 19.2. The van der Waals surface area contributed by atoms with Crippen molar-refractivity contribution in [3.63, 3.8) is 0 Å². The van der Waals surface area contributed by atoms with Gasteiger partial charge in [-0.2, -0.15) is 5.10 Å². The number of fused-ring (bicyclic) bond motifs is 1. The van der Waals surface area contributed by atoms with Crippen LogP contribution >= 0.6 is 11.3 Å². The summed E-state index contributed by atoms with van der Waals surface area (Å²) in [5.41, 5.74) is 3.34. The molecule has 4 aromatic rings. The maximum Gasteiger partial charge on any atom is 0.158 e. The number of anilines is 1. The van der Waals surface area contributed by atoms with E-state index in [1.54, 1.807) is 18.4 Å². The highest BCUT2D eigenvalue weighted by atomic mass is 32.1. The summed E-state index contributed by atoms with van der Waals surface area (Å²) < 4.78 is 7.42. The van der Waals surface area contributed by atoms with Gasteiger partial charge >= 0.3 is 0 Å². The van der Waals surface area contributed by atoms with Gasteiger partial charge < -0.3 is 10.1 Å². The molecule has 1 saturated carbocycles. The van der Waals surface area contributed by atoms with Gasteiger partial charge in [-0.1, -0.05) is 43.2 Å². The first-order valence-electron chi connectivity index (χ1n) is 10.4. The minimum Gasteiger partial charge on any atom is -0.377 e. The van der Waals surface area contributed by atoms with Gasteiger partial charge in [-0.25, -0.2) is 9.97 Å². The molecule has 7 heteroatoms. The van der Waals surface area contributed by atoms with Gasteiger partial charge in [0.1, 0.15) is 17.3 Å². The zero-order chi connectivity index (χ0) is 20.3. The molecule has 0 atom stereocenters. The zero-order valence-corrected chi connectivity index (χ0v) is 17.9. The number of hydrogen-bond acceptors (Lipinski definition) is 6. The highest BCUT2D eigenvalue weighted by molar-refractivity contribution is 7.17. The molecule has 1 aliphatic carbocycles. The van der Waals surface area contributed by atoms with Crippen LogP contribution in [0.4, 0.5) is 5.82 Å². The molecule has 0 saturated heterocycles. The number of hydrogen-bond donors (Lipinski definition) is 1. The Morgan fingerprint density at radius 3 is 2.77 bits per heavy atom. The summed E-state index contributed by atoms with van der Waals surface area (Å²) in [4.78, 5) is 10.4. The fraction of sp³-hybridized carbons (Fsp3) is 0.348. The summed E-state index contributed by atoms with van der Waals surface area (Å²) in [6, 6.07) is 13.1. The van der Waals surface area contributed by atoms with E-state index in [0.29, 0.717) is 25.0 Å². The predicted octanol–water partition coefficient (Wildman–Crippen LogP) is 5.43. The van der Waals surface area contributed by atoms with Crippen LogP contribution in [0.2, 0.25) is 0 Å². The first-order chi connectivity index (χ1) is 14.8. The van der Waals surface area contributed by atoms with Gasteiger partial charge in [-0.3, -0.25) is 4.68 Å². The molecule has 154 valence electrons. The SMILES string of the molecule is COCc1nc(NCc2ccn(C3CCCC3)n2)c2c(-c3ccccc3)csc2n1. The largest absolute Gasteiger partial charge is 0.377 e. The molecule has 0 radical (unpaired) electrons. The normalized spacial score (nSPS) is 14.6. The lowest BCUT2D eigenvalue weighted by molar-refractivity contribution is 0.178. The molecule has 0 aliphatic heterocycles. The van der Waals surface area contributed by atoms with E-state index in [2.05, 4.69) is 51.9 Å². The maximum absolute atomic E-state index is 5.28. The minimum atomic E-state index is 0.388. The molecule has 30 heavy (non-hydrogen) atoms. The van der Waals surface area contributed by atoms with Gasteiger partial charge in [0.25, 0.3) is 0 Å². The third kappa shape index (κ3) is 3.82. The fourth-order valence-corrected chi connectivity index (χ4v) is 5.12. The molecular weight excluding hydrogens is 394 g/mol. The molecule has 6 nitrogen and oxygen atoms in total. The van der Waals surface area contributed by atoms with Gasteiger partial charge in [-0.05, 0) is 24.5 Å². The van der Waals surface area contributed by atoms with Crippen molar-refractivity contribution in [2.45, 2.75) is 44.9 Å². The second kappa shape index (κ2) is 8.53. The zero-order valence-electron chi connectivity index (χ0n) is 17.0. The first-order valence-corrected chi connectivity index (χ1v) is 11.3. The Kier molecular flexibility index (Phi) is 5.46. The van der Waals surface area contributed by atoms with Crippen LogP contribution in [0, 0.1) is 0 Å². The molecule has 1 aliphatic rings. The van der Waals surface area contributed by atoms with Crippen LogP contribution in [-0.4, -0.2) is 26.9 Å². The van der Waals surface area contributed by atoms with Crippen molar-refractivity contribution in [1.29, 1.82) is 0 Å². The third-order valence-electron chi connectivity index (χ3n) is 5.64. The van der Waals surface area contributed by atoms with Gasteiger partial charge in [-0.15, -0.1) is 11.3 Å². The van der Waals surface area contributed by atoms with Crippen molar-refractivity contribution >= 4 is 27.4 Å². The number of aromatic nitrogens is 4. The van der Waals surface area contributed by atoms with E-state index in [-0.39, 0.29) is 0 Å². The van der Waals surface area contributed by atoms with Gasteiger partial charge in [0.15, 0.2) is 5.82 Å². The molecule has 0 spiro atoms. The second-order valence-corrected chi connectivity index (χ2v) is 8.55. The average Bonchev–Trinajstić information content (AvgIpc) is 3.53. The van der Waals surface area contributed by atoms with Crippen molar-refractivity contribution in [3.05, 3.63) is 59.5 Å². The van der Waals surface area contributed by atoms with Gasteiger partial charge in [0.05, 0.1) is 23.7 Å². The molecule has 1 aromatic carbocycles. The van der Waals surface area contributed by atoms with E-state index >= 15 is 0 Å². The van der Waals surface area contributed by atoms with E-state index in [0.717, 1.165) is 27.3 Å². The molecule has 0 bridgehead atoms. The Hall–Kier alpha value is -2.77. The predicted molar refractivity (Wildman–Crippen MR) is 121 cm³/mol. The van der Waals surface area contributed by atoms with Gasteiger partial charge in [0, 0.05) is 24.3 Å². The van der Waals surface area contributed by atoms with Crippen LogP contribution in [0.25, 0.3) is 21.3 Å². The number of thiophene rings is 1. The fourth-order valence-electron chi connectivity index (χ4n) is 4.16. The van der Waals surface area contributed by atoms with Crippen LogP contribution in [0.1, 0.15) is 43.2 Å². The van der Waals surface area contributed by atoms with E-state index < -0.39 is 0 Å². The van der Waals surface area contributed by atoms with Crippen LogP contribution in [0.15, 0.2) is 48.0 Å². The van der Waals surface area contributed by atoms with Crippen molar-refractivity contribution in [3.8, 4) is 11.1 Å². The summed E-state index contributed by atoms with van der Waals surface area (Å²) >= 11 is 1.64. The lowest BCUT2D eigenvalue weighted by Crippen LogP contribution is -2.09. The number of rotatable bonds is 7. The molecular formula is C23H25N5OS. The molecule has 0 unspecified atom stereocenters. The summed E-state index contributed by atoms with van der Waals surface area (Å²) in [5, 5.41) is 11.5. The van der Waals surface area contributed by atoms with E-state index in [9.17, 15) is 0 Å². The Morgan fingerprint density at radius 2 is 1.97 bits per heavy atom. The molecule has 1 fully saturated rings. The van der Waals surface area contributed by atoms with Gasteiger partial charge in [0.2, 0.25) is 0 Å². The van der Waals surface area contributed by atoms with Crippen LogP contribution in [0.3, 0.4) is 0 Å². The van der Waals surface area contributed by atoms with Crippen molar-refractivity contribution in [2.24, 2.45) is 0 Å². The van der Waals surface area contributed by atoms with E-state index in [1.165, 1.54) is 31.2 Å². The van der Waals surface area contributed by atoms with Crippen LogP contribution < -0.4 is 5.32 Å². The van der Waals surface area contributed by atoms with E-state index in [4.69, 9.17) is 19.8 Å². The molecule has 0 amide bonds. The lowest BCUT2D eigenvalue weighted by atomic mass is 10.1. The van der Waals surface area contributed by atoms with Crippen molar-refractivity contribution < 1.29 is 4.74 Å². The van der Waals surface area contributed by atoms with Crippen molar-refractivity contribution in [1.82, 2.24) is 19.7 Å². The summed E-state index contributed by atoms with van der Waals surface area (Å²) in [5.74, 6) is 1.52. The second-order valence-electron chi connectivity index (χ2n) is 7.70. The lowest BCUT2D eigenvalue weighted by Gasteiger charge is -2.11. The number of nitrogens with zero attached hydrogens (tertiary/aromatic N) is 4. The van der Waals surface area contributed by atoms with E-state index in [1.807, 2.05) is 6.07 Å². The Labute approximate surface area is 179 Å². The minimum absolute atomic E-state index is 0.388. The molecule has 1 N–H and O–H groups in total. The highest BCUT2D eigenvalue weighted by Gasteiger charge is 2.18. The Bertz CT molecular complexity index is 1130. The smallest absolute Gasteiger partial charge is 0.158 e. The number of ether oxygens (including phenoxy) is 1. The summed E-state index contributed by atoms with van der Waals surface area (Å²) in [6.07, 6.45) is 7.19. The molecule has 3 heterocycles. The van der Waals surface area contributed by atoms with Crippen molar-refractivity contribution in [2.75, 3.05) is 12.4 Å². The number of benzene rings is 1. The molecule has 3 aromatic heterocycles. The van der Waals surface area contributed by atoms with Crippen LogP contribution in [-0.2, 0) is 17.9 Å².